The highest BCUT2D eigenvalue weighted by Gasteiger charge is 2.04. The van der Waals surface area contributed by atoms with Gasteiger partial charge < -0.3 is 15.2 Å². The summed E-state index contributed by atoms with van der Waals surface area (Å²) < 4.78 is 5.40. The maximum atomic E-state index is 11.0. The Morgan fingerprint density at radius 2 is 2.06 bits per heavy atom. The lowest BCUT2D eigenvalue weighted by Crippen LogP contribution is -2.20. The molecular weight excluding hydrogens is 218 g/mol. The van der Waals surface area contributed by atoms with Crippen LogP contribution >= 0.6 is 0 Å². The average molecular weight is 237 g/mol. The number of amides is 1. The average Bonchev–Trinajstić information content (AvgIpc) is 2.38. The molecule has 0 saturated carbocycles. The predicted molar refractivity (Wildman–Crippen MR) is 65.9 cm³/mol. The van der Waals surface area contributed by atoms with Gasteiger partial charge in [-0.25, -0.2) is 0 Å². The Morgan fingerprint density at radius 3 is 2.59 bits per heavy atom. The van der Waals surface area contributed by atoms with Gasteiger partial charge in [-0.3, -0.25) is 4.79 Å². The Kier molecular flexibility index (Phi) is 5.49. The van der Waals surface area contributed by atoms with Crippen molar-refractivity contribution < 1.29 is 14.6 Å². The van der Waals surface area contributed by atoms with Gasteiger partial charge in [0.1, 0.15) is 5.75 Å². The molecule has 4 heteroatoms. The summed E-state index contributed by atoms with van der Waals surface area (Å²) in [6, 6.07) is 7.28. The van der Waals surface area contributed by atoms with E-state index in [1.165, 1.54) is 0 Å². The van der Waals surface area contributed by atoms with Crippen LogP contribution in [0, 0.1) is 0 Å². The highest BCUT2D eigenvalue weighted by Crippen LogP contribution is 2.19. The topological polar surface area (TPSA) is 58.6 Å². The largest absolute Gasteiger partial charge is 0.493 e. The van der Waals surface area contributed by atoms with Gasteiger partial charge in [-0.15, -0.1) is 0 Å². The quantitative estimate of drug-likeness (QED) is 0.791. The Labute approximate surface area is 102 Å². The molecule has 0 aliphatic rings. The minimum atomic E-state index is -0.421. The molecule has 1 aromatic carbocycles. The molecule has 0 heterocycles. The summed E-state index contributed by atoms with van der Waals surface area (Å²) in [6.45, 7) is 2.29. The Hall–Kier alpha value is -1.55. The van der Waals surface area contributed by atoms with E-state index in [0.717, 1.165) is 5.56 Å². The summed E-state index contributed by atoms with van der Waals surface area (Å²) in [5.74, 6) is 0.670. The fourth-order valence-electron chi connectivity index (χ4n) is 1.41. The van der Waals surface area contributed by atoms with E-state index in [-0.39, 0.29) is 5.91 Å². The van der Waals surface area contributed by atoms with E-state index in [4.69, 9.17) is 4.74 Å². The van der Waals surface area contributed by atoms with Crippen molar-refractivity contribution in [1.29, 1.82) is 0 Å². The van der Waals surface area contributed by atoms with Gasteiger partial charge in [0, 0.05) is 7.05 Å². The zero-order valence-electron chi connectivity index (χ0n) is 10.3. The maximum absolute atomic E-state index is 11.0. The van der Waals surface area contributed by atoms with E-state index in [2.05, 4.69) is 5.32 Å². The molecule has 0 radical (unpaired) electrons. The van der Waals surface area contributed by atoms with Crippen LogP contribution in [0.5, 0.6) is 5.75 Å². The fourth-order valence-corrected chi connectivity index (χ4v) is 1.41. The number of hydrogen-bond acceptors (Lipinski definition) is 3. The number of benzene rings is 1. The number of carbonyl (C=O) groups excluding carboxylic acids is 1. The van der Waals surface area contributed by atoms with E-state index in [1.807, 2.05) is 19.1 Å². The predicted octanol–water partition coefficient (Wildman–Crippen LogP) is 1.64. The first-order valence-electron chi connectivity index (χ1n) is 5.78. The van der Waals surface area contributed by atoms with Crippen molar-refractivity contribution in [3.8, 4) is 5.75 Å². The van der Waals surface area contributed by atoms with Gasteiger partial charge in [0.05, 0.1) is 19.1 Å². The van der Waals surface area contributed by atoms with Crippen LogP contribution in [0.25, 0.3) is 0 Å². The zero-order chi connectivity index (χ0) is 12.7. The number of aliphatic hydroxyl groups is 1. The van der Waals surface area contributed by atoms with Crippen molar-refractivity contribution in [3.05, 3.63) is 29.8 Å². The molecule has 0 fully saturated rings. The smallest absolute Gasteiger partial charge is 0.223 e. The summed E-state index contributed by atoms with van der Waals surface area (Å²) in [6.07, 6.45) is 0.613. The van der Waals surface area contributed by atoms with Crippen molar-refractivity contribution in [1.82, 2.24) is 5.32 Å². The molecule has 0 aromatic heterocycles. The van der Waals surface area contributed by atoms with Crippen LogP contribution in [0.3, 0.4) is 0 Å². The summed E-state index contributed by atoms with van der Waals surface area (Å²) in [5, 5.41) is 12.1. The summed E-state index contributed by atoms with van der Waals surface area (Å²) in [7, 11) is 1.60. The van der Waals surface area contributed by atoms with E-state index >= 15 is 0 Å². The van der Waals surface area contributed by atoms with Crippen LogP contribution in [-0.4, -0.2) is 24.7 Å². The highest BCUT2D eigenvalue weighted by atomic mass is 16.5. The lowest BCUT2D eigenvalue weighted by atomic mass is 10.1. The van der Waals surface area contributed by atoms with Gasteiger partial charge >= 0.3 is 0 Å². The molecule has 0 aliphatic heterocycles. The van der Waals surface area contributed by atoms with Crippen molar-refractivity contribution in [3.63, 3.8) is 0 Å². The molecule has 0 saturated heterocycles. The molecule has 4 nitrogen and oxygen atoms in total. The third kappa shape index (κ3) is 4.44. The van der Waals surface area contributed by atoms with Crippen LogP contribution < -0.4 is 10.1 Å². The first-order valence-corrected chi connectivity index (χ1v) is 5.78. The standard InChI is InChI=1S/C13H19NO3/c1-3-12(15)10-4-6-11(7-5-10)17-9-8-13(16)14-2/h4-7,12,15H,3,8-9H2,1-2H3,(H,14,16). The van der Waals surface area contributed by atoms with Gasteiger partial charge in [-0.2, -0.15) is 0 Å². The van der Waals surface area contributed by atoms with Gasteiger partial charge in [0.2, 0.25) is 5.91 Å². The lowest BCUT2D eigenvalue weighted by molar-refractivity contribution is -0.121. The fraction of sp³-hybridized carbons (Fsp3) is 0.462. The van der Waals surface area contributed by atoms with E-state index in [0.29, 0.717) is 25.2 Å². The monoisotopic (exact) mass is 237 g/mol. The molecule has 1 amide bonds. The van der Waals surface area contributed by atoms with Crippen LogP contribution in [0.2, 0.25) is 0 Å². The molecule has 1 unspecified atom stereocenters. The van der Waals surface area contributed by atoms with Gasteiger partial charge in [-0.1, -0.05) is 19.1 Å². The molecule has 1 atom stereocenters. The number of hydrogen-bond donors (Lipinski definition) is 2. The number of ether oxygens (including phenoxy) is 1. The number of carbonyl (C=O) groups is 1. The van der Waals surface area contributed by atoms with Gasteiger partial charge in [-0.05, 0) is 24.1 Å². The van der Waals surface area contributed by atoms with Crippen molar-refractivity contribution in [2.45, 2.75) is 25.9 Å². The van der Waals surface area contributed by atoms with E-state index in [9.17, 15) is 9.90 Å². The number of nitrogens with one attached hydrogen (secondary N) is 1. The molecule has 1 aromatic rings. The van der Waals surface area contributed by atoms with E-state index < -0.39 is 6.10 Å². The van der Waals surface area contributed by atoms with Crippen LogP contribution in [0.4, 0.5) is 0 Å². The second-order valence-corrected chi connectivity index (χ2v) is 3.76. The minimum Gasteiger partial charge on any atom is -0.493 e. The van der Waals surface area contributed by atoms with Crippen molar-refractivity contribution >= 4 is 5.91 Å². The first kappa shape index (κ1) is 13.5. The maximum Gasteiger partial charge on any atom is 0.223 e. The van der Waals surface area contributed by atoms with Crippen LogP contribution in [0.1, 0.15) is 31.4 Å². The van der Waals surface area contributed by atoms with Gasteiger partial charge in [0.25, 0.3) is 0 Å². The Balaban J connectivity index is 2.43. The molecular formula is C13H19NO3. The first-order chi connectivity index (χ1) is 8.17. The molecule has 2 N–H and O–H groups in total. The Morgan fingerprint density at radius 1 is 1.41 bits per heavy atom. The lowest BCUT2D eigenvalue weighted by Gasteiger charge is -2.09. The second-order valence-electron chi connectivity index (χ2n) is 3.76. The zero-order valence-corrected chi connectivity index (χ0v) is 10.3. The van der Waals surface area contributed by atoms with Crippen LogP contribution in [-0.2, 0) is 4.79 Å². The molecule has 0 aliphatic carbocycles. The van der Waals surface area contributed by atoms with Gasteiger partial charge in [0.15, 0.2) is 0 Å². The van der Waals surface area contributed by atoms with Crippen LogP contribution in [0.15, 0.2) is 24.3 Å². The third-order valence-corrected chi connectivity index (χ3v) is 2.53. The molecule has 0 bridgehead atoms. The SMILES string of the molecule is CCC(O)c1ccc(OCCC(=O)NC)cc1. The molecule has 94 valence electrons. The molecule has 1 rings (SSSR count). The second kappa shape index (κ2) is 6.91. The summed E-state index contributed by atoms with van der Waals surface area (Å²) in [5.41, 5.74) is 0.881. The Bertz CT molecular complexity index is 348. The summed E-state index contributed by atoms with van der Waals surface area (Å²) >= 11 is 0. The minimum absolute atomic E-state index is 0.0389. The van der Waals surface area contributed by atoms with Crippen molar-refractivity contribution in [2.24, 2.45) is 0 Å². The third-order valence-electron chi connectivity index (χ3n) is 2.53. The number of aliphatic hydroxyl groups excluding tert-OH is 1. The highest BCUT2D eigenvalue weighted by molar-refractivity contribution is 5.75. The summed E-state index contributed by atoms with van der Waals surface area (Å²) in [4.78, 5) is 11.0. The van der Waals surface area contributed by atoms with E-state index in [1.54, 1.807) is 19.2 Å². The molecule has 17 heavy (non-hydrogen) atoms. The van der Waals surface area contributed by atoms with Crippen molar-refractivity contribution in [2.75, 3.05) is 13.7 Å². The molecule has 0 spiro atoms. The number of rotatable bonds is 6. The normalized spacial score (nSPS) is 11.9.